The topological polar surface area (TPSA) is 128 Å². The Morgan fingerprint density at radius 1 is 1.07 bits per heavy atom. The van der Waals surface area contributed by atoms with E-state index in [1.807, 2.05) is 37.3 Å². The van der Waals surface area contributed by atoms with Crippen molar-refractivity contribution in [3.63, 3.8) is 0 Å². The molecule has 3 aromatic heterocycles. The third-order valence-corrected chi connectivity index (χ3v) is 7.02. The zero-order chi connectivity index (χ0) is 29.4. The molecule has 216 valence electrons. The highest BCUT2D eigenvalue weighted by Crippen LogP contribution is 2.29. The minimum absolute atomic E-state index is 0.348. The lowest BCUT2D eigenvalue weighted by molar-refractivity contribution is 0.0600. The fraction of sp³-hybridized carbons (Fsp3) is 0.367. The van der Waals surface area contributed by atoms with Gasteiger partial charge in [0.15, 0.2) is 0 Å². The highest BCUT2D eigenvalue weighted by Gasteiger charge is 2.16. The second kappa shape index (κ2) is 13.6. The van der Waals surface area contributed by atoms with Crippen LogP contribution < -0.4 is 15.8 Å². The molecule has 4 N–H and O–H groups in total. The SMILES string of the molecule is CC(C)(C)OC(N)=O.Cc1cc(-c2ccc(NSc3ccccn3)c(F)c2)nc2cnc(NC3CCCCC3)nc12. The van der Waals surface area contributed by atoms with Gasteiger partial charge >= 0.3 is 6.09 Å². The van der Waals surface area contributed by atoms with Gasteiger partial charge in [-0.25, -0.2) is 29.1 Å². The van der Waals surface area contributed by atoms with Crippen molar-refractivity contribution in [2.24, 2.45) is 5.73 Å². The van der Waals surface area contributed by atoms with Crippen LogP contribution in [0.2, 0.25) is 0 Å². The number of anilines is 2. The summed E-state index contributed by atoms with van der Waals surface area (Å²) in [4.78, 5) is 28.1. The smallest absolute Gasteiger partial charge is 0.405 e. The number of nitrogens with two attached hydrogens (primary N) is 1. The molecule has 5 rings (SSSR count). The number of nitrogens with one attached hydrogen (secondary N) is 2. The lowest BCUT2D eigenvalue weighted by atomic mass is 9.96. The third kappa shape index (κ3) is 9.01. The molecule has 1 aliphatic rings. The van der Waals surface area contributed by atoms with Crippen molar-refractivity contribution in [3.8, 4) is 11.3 Å². The van der Waals surface area contributed by atoms with Gasteiger partial charge in [0.05, 0.1) is 23.1 Å². The van der Waals surface area contributed by atoms with Gasteiger partial charge in [-0.3, -0.25) is 0 Å². The van der Waals surface area contributed by atoms with Crippen LogP contribution in [0.4, 0.5) is 20.8 Å². The predicted molar refractivity (Wildman–Crippen MR) is 162 cm³/mol. The Labute approximate surface area is 244 Å². The fourth-order valence-corrected chi connectivity index (χ4v) is 5.04. The summed E-state index contributed by atoms with van der Waals surface area (Å²) in [5.74, 6) is 0.303. The van der Waals surface area contributed by atoms with Crippen molar-refractivity contribution in [2.75, 3.05) is 10.0 Å². The Kier molecular flexibility index (Phi) is 9.93. The van der Waals surface area contributed by atoms with E-state index >= 15 is 0 Å². The molecule has 41 heavy (non-hydrogen) atoms. The van der Waals surface area contributed by atoms with Crippen LogP contribution in [0.5, 0.6) is 0 Å². The first kappa shape index (κ1) is 30.0. The van der Waals surface area contributed by atoms with E-state index in [4.69, 9.17) is 15.7 Å². The summed E-state index contributed by atoms with van der Waals surface area (Å²) in [6.45, 7) is 7.29. The molecule has 0 atom stereocenters. The molecule has 4 aromatic rings. The van der Waals surface area contributed by atoms with Crippen LogP contribution in [0.3, 0.4) is 0 Å². The van der Waals surface area contributed by atoms with Crippen molar-refractivity contribution < 1.29 is 13.9 Å². The molecule has 0 radical (unpaired) electrons. The summed E-state index contributed by atoms with van der Waals surface area (Å²) in [5, 5.41) is 4.24. The molecule has 1 aliphatic carbocycles. The van der Waals surface area contributed by atoms with Crippen LogP contribution in [0.25, 0.3) is 22.3 Å². The van der Waals surface area contributed by atoms with Gasteiger partial charge in [0.2, 0.25) is 5.95 Å². The highest BCUT2D eigenvalue weighted by molar-refractivity contribution is 8.00. The zero-order valence-electron chi connectivity index (χ0n) is 23.8. The van der Waals surface area contributed by atoms with E-state index in [1.54, 1.807) is 39.2 Å². The minimum atomic E-state index is -0.725. The molecule has 1 saturated carbocycles. The van der Waals surface area contributed by atoms with Crippen molar-refractivity contribution in [3.05, 3.63) is 66.2 Å². The number of carbonyl (C=O) groups excluding carboxylic acids is 1. The maximum absolute atomic E-state index is 14.8. The van der Waals surface area contributed by atoms with Crippen LogP contribution in [-0.4, -0.2) is 37.7 Å². The molecule has 9 nitrogen and oxygen atoms in total. The van der Waals surface area contributed by atoms with E-state index in [-0.39, 0.29) is 5.82 Å². The van der Waals surface area contributed by atoms with Crippen LogP contribution in [-0.2, 0) is 4.74 Å². The largest absolute Gasteiger partial charge is 0.444 e. The summed E-state index contributed by atoms with van der Waals surface area (Å²) in [7, 11) is 0. The number of amides is 1. The number of ether oxygens (including phenoxy) is 1. The number of carbonyl (C=O) groups is 1. The molecule has 1 amide bonds. The number of hydrogen-bond acceptors (Lipinski definition) is 9. The van der Waals surface area contributed by atoms with Gasteiger partial charge < -0.3 is 20.5 Å². The van der Waals surface area contributed by atoms with Gasteiger partial charge in [-0.05, 0) is 76.4 Å². The number of nitrogens with zero attached hydrogens (tertiary/aromatic N) is 4. The summed E-state index contributed by atoms with van der Waals surface area (Å²) in [5.41, 5.74) is 8.56. The normalized spacial score (nSPS) is 13.7. The summed E-state index contributed by atoms with van der Waals surface area (Å²) >= 11 is 1.27. The first-order chi connectivity index (χ1) is 19.6. The van der Waals surface area contributed by atoms with Gasteiger partial charge in [-0.1, -0.05) is 31.4 Å². The van der Waals surface area contributed by atoms with E-state index in [9.17, 15) is 9.18 Å². The van der Waals surface area contributed by atoms with Crippen LogP contribution >= 0.6 is 11.9 Å². The van der Waals surface area contributed by atoms with Crippen LogP contribution in [0.1, 0.15) is 58.4 Å². The van der Waals surface area contributed by atoms with Gasteiger partial charge in [0.1, 0.15) is 22.0 Å². The highest BCUT2D eigenvalue weighted by atomic mass is 32.2. The molecule has 0 bridgehead atoms. The van der Waals surface area contributed by atoms with Gasteiger partial charge in [-0.2, -0.15) is 0 Å². The Hall–Kier alpha value is -3.99. The number of halogens is 1. The van der Waals surface area contributed by atoms with E-state index in [0.29, 0.717) is 34.5 Å². The predicted octanol–water partition coefficient (Wildman–Crippen LogP) is 7.28. The number of hydrogen-bond donors (Lipinski definition) is 3. The monoisotopic (exact) mass is 577 g/mol. The van der Waals surface area contributed by atoms with Gasteiger partial charge in [0.25, 0.3) is 0 Å². The second-order valence-corrected chi connectivity index (χ2v) is 11.7. The number of rotatable bonds is 6. The molecule has 0 saturated heterocycles. The molecule has 0 aliphatic heterocycles. The average molecular weight is 578 g/mol. The first-order valence-electron chi connectivity index (χ1n) is 13.6. The standard InChI is InChI=1S/C25H25FN6S.C5H11NO2/c1-16-13-21(17-10-11-20(19(26)14-17)32-33-23-9-5-6-12-27-23)30-22-15-28-25(31-24(16)22)29-18-7-3-2-4-8-18;1-5(2,3)8-4(6)7/h5-6,9-15,18,32H,2-4,7-8H2,1H3,(H,28,29,31);1-3H3,(H2,6,7). The Balaban J connectivity index is 0.000000426. The average Bonchev–Trinajstić information content (AvgIpc) is 2.93. The lowest BCUT2D eigenvalue weighted by Gasteiger charge is -2.22. The minimum Gasteiger partial charge on any atom is -0.444 e. The van der Waals surface area contributed by atoms with Crippen LogP contribution in [0, 0.1) is 12.7 Å². The molecular weight excluding hydrogens is 541 g/mol. The molecule has 1 fully saturated rings. The van der Waals surface area contributed by atoms with Crippen LogP contribution in [0.15, 0.2) is 59.9 Å². The number of aryl methyl sites for hydroxylation is 1. The first-order valence-corrected chi connectivity index (χ1v) is 14.4. The Bertz CT molecular complexity index is 1480. The Morgan fingerprint density at radius 2 is 1.85 bits per heavy atom. The third-order valence-electron chi connectivity index (χ3n) is 6.25. The zero-order valence-corrected chi connectivity index (χ0v) is 24.6. The molecular formula is C30H36FN7O2S. The molecule has 11 heteroatoms. The van der Waals surface area contributed by atoms with Gasteiger partial charge in [0, 0.05) is 29.8 Å². The fourth-order valence-electron chi connectivity index (χ4n) is 4.40. The quantitative estimate of drug-likeness (QED) is 0.203. The molecule has 0 unspecified atom stereocenters. The summed E-state index contributed by atoms with van der Waals surface area (Å²) in [6, 6.07) is 13.1. The van der Waals surface area contributed by atoms with E-state index in [0.717, 1.165) is 28.9 Å². The van der Waals surface area contributed by atoms with E-state index in [2.05, 4.69) is 24.7 Å². The van der Waals surface area contributed by atoms with Crippen molar-refractivity contribution in [2.45, 2.75) is 76.5 Å². The summed E-state index contributed by atoms with van der Waals surface area (Å²) < 4.78 is 22.4. The molecule has 1 aromatic carbocycles. The van der Waals surface area contributed by atoms with Crippen molar-refractivity contribution >= 4 is 40.7 Å². The number of benzene rings is 1. The maximum atomic E-state index is 14.8. The lowest BCUT2D eigenvalue weighted by Crippen LogP contribution is -2.27. The number of aromatic nitrogens is 4. The Morgan fingerprint density at radius 3 is 2.49 bits per heavy atom. The van der Waals surface area contributed by atoms with E-state index in [1.165, 1.54) is 37.3 Å². The van der Waals surface area contributed by atoms with Gasteiger partial charge in [-0.15, -0.1) is 0 Å². The number of pyridine rings is 2. The van der Waals surface area contributed by atoms with E-state index < -0.39 is 11.7 Å². The van der Waals surface area contributed by atoms with Crippen molar-refractivity contribution in [1.82, 2.24) is 19.9 Å². The number of fused-ring (bicyclic) bond motifs is 1. The summed E-state index contributed by atoms with van der Waals surface area (Å²) in [6.07, 6.45) is 8.86. The number of primary amides is 1. The second-order valence-electron chi connectivity index (χ2n) is 10.8. The molecule has 3 heterocycles. The maximum Gasteiger partial charge on any atom is 0.405 e. The molecule has 0 spiro atoms. The van der Waals surface area contributed by atoms with Crippen molar-refractivity contribution in [1.29, 1.82) is 0 Å².